The lowest BCUT2D eigenvalue weighted by Crippen LogP contribution is -2.46. The fourth-order valence-corrected chi connectivity index (χ4v) is 5.09. The van der Waals surface area contributed by atoms with Crippen LogP contribution in [0.5, 0.6) is 0 Å². The summed E-state index contributed by atoms with van der Waals surface area (Å²) in [5.74, 6) is 1.15. The highest BCUT2D eigenvalue weighted by Gasteiger charge is 2.44. The van der Waals surface area contributed by atoms with Gasteiger partial charge in [0.1, 0.15) is 5.82 Å². The number of hydrogen-bond acceptors (Lipinski definition) is 6. The van der Waals surface area contributed by atoms with Gasteiger partial charge in [-0.05, 0) is 49.2 Å². The largest absolute Gasteiger partial charge is 0.344 e. The van der Waals surface area contributed by atoms with Gasteiger partial charge in [-0.2, -0.15) is 0 Å². The molecule has 1 aliphatic heterocycles. The number of piperazine rings is 1. The number of likely N-dealkylation sites (N-methyl/N-ethyl adjacent to an activating group) is 1. The number of benzene rings is 1. The zero-order valence-corrected chi connectivity index (χ0v) is 21.3. The van der Waals surface area contributed by atoms with Crippen molar-refractivity contribution in [2.45, 2.75) is 13.3 Å². The normalized spacial score (nSPS) is 20.3. The quantitative estimate of drug-likeness (QED) is 0.530. The van der Waals surface area contributed by atoms with Crippen molar-refractivity contribution in [1.29, 1.82) is 0 Å². The molecule has 3 aromatic rings. The second-order valence-corrected chi connectivity index (χ2v) is 9.77. The second kappa shape index (κ2) is 10.3. The average molecular weight is 490 g/mol. The highest BCUT2D eigenvalue weighted by molar-refractivity contribution is 5.95. The number of pyridine rings is 1. The Hall–Kier alpha value is -3.43. The maximum Gasteiger partial charge on any atom is 0.325 e. The van der Waals surface area contributed by atoms with Crippen LogP contribution in [-0.4, -0.2) is 84.7 Å². The summed E-state index contributed by atoms with van der Waals surface area (Å²) >= 11 is 0. The molecule has 1 saturated carbocycles. The Morgan fingerprint density at radius 1 is 1.06 bits per heavy atom. The summed E-state index contributed by atoms with van der Waals surface area (Å²) in [5.41, 5.74) is 2.75. The zero-order chi connectivity index (χ0) is 25.2. The molecule has 2 aromatic heterocycles. The lowest BCUT2D eigenvalue weighted by Gasteiger charge is -2.34. The van der Waals surface area contributed by atoms with E-state index in [9.17, 15) is 9.59 Å². The molecule has 2 atom stereocenters. The molecule has 9 nitrogen and oxygen atoms in total. The van der Waals surface area contributed by atoms with Crippen molar-refractivity contribution in [1.82, 2.24) is 24.7 Å². The molecule has 36 heavy (non-hydrogen) atoms. The number of aromatic nitrogens is 2. The number of carbonyl (C=O) groups excluding carboxylic acids is 2. The van der Waals surface area contributed by atoms with E-state index in [0.29, 0.717) is 11.7 Å². The number of carbonyl (C=O) groups is 2. The third kappa shape index (κ3) is 5.08. The van der Waals surface area contributed by atoms with Crippen LogP contribution in [0.3, 0.4) is 0 Å². The first kappa shape index (κ1) is 24.3. The maximum absolute atomic E-state index is 12.9. The number of fused-ring (bicyclic) bond motifs is 1. The predicted octanol–water partition coefficient (Wildman–Crippen LogP) is 3.20. The molecule has 1 aliphatic carbocycles. The number of anilines is 3. The molecule has 190 valence electrons. The van der Waals surface area contributed by atoms with Crippen LogP contribution in [0.2, 0.25) is 0 Å². The Morgan fingerprint density at radius 2 is 1.81 bits per heavy atom. The van der Waals surface area contributed by atoms with Crippen LogP contribution in [0.4, 0.5) is 22.0 Å². The van der Waals surface area contributed by atoms with Gasteiger partial charge in [-0.25, -0.2) is 9.78 Å². The van der Waals surface area contributed by atoms with Crippen LogP contribution in [-0.2, 0) is 4.79 Å². The van der Waals surface area contributed by atoms with Crippen molar-refractivity contribution >= 4 is 40.0 Å². The summed E-state index contributed by atoms with van der Waals surface area (Å²) in [6.45, 7) is 8.77. The van der Waals surface area contributed by atoms with Crippen molar-refractivity contribution in [2.75, 3.05) is 63.6 Å². The van der Waals surface area contributed by atoms with Crippen molar-refractivity contribution in [3.63, 3.8) is 0 Å². The molecule has 0 radical (unpaired) electrons. The topological polar surface area (TPSA) is 85.7 Å². The van der Waals surface area contributed by atoms with Crippen molar-refractivity contribution in [2.24, 2.45) is 11.8 Å². The first-order valence-corrected chi connectivity index (χ1v) is 12.8. The van der Waals surface area contributed by atoms with E-state index in [-0.39, 0.29) is 17.9 Å². The Balaban J connectivity index is 1.20. The SMILES string of the molecule is CCN1CCN(CC2CC2C(=O)Nc2cc(N(C)c3ccc4c(ccn4C(=O)NC)c3)ccn2)CC1. The van der Waals surface area contributed by atoms with Crippen LogP contribution in [0.25, 0.3) is 10.9 Å². The average Bonchev–Trinajstić information content (AvgIpc) is 3.55. The third-order valence-electron chi connectivity index (χ3n) is 7.54. The molecule has 1 saturated heterocycles. The molecule has 3 heterocycles. The number of nitrogens with zero attached hydrogens (tertiary/aromatic N) is 5. The molecule has 9 heteroatoms. The van der Waals surface area contributed by atoms with Crippen molar-refractivity contribution in [3.05, 3.63) is 48.8 Å². The highest BCUT2D eigenvalue weighted by Crippen LogP contribution is 2.40. The Kier molecular flexibility index (Phi) is 6.93. The van der Waals surface area contributed by atoms with Gasteiger partial charge in [0.05, 0.1) is 5.52 Å². The summed E-state index contributed by atoms with van der Waals surface area (Å²) in [5, 5.41) is 6.66. The van der Waals surface area contributed by atoms with Gasteiger partial charge in [-0.3, -0.25) is 9.36 Å². The highest BCUT2D eigenvalue weighted by atomic mass is 16.2. The number of amides is 2. The molecule has 2 N–H and O–H groups in total. The van der Waals surface area contributed by atoms with E-state index in [1.54, 1.807) is 24.0 Å². The number of rotatable bonds is 7. The van der Waals surface area contributed by atoms with E-state index in [2.05, 4.69) is 32.3 Å². The molecule has 5 rings (SSSR count). The smallest absolute Gasteiger partial charge is 0.325 e. The minimum atomic E-state index is -0.169. The Labute approximate surface area is 212 Å². The van der Waals surface area contributed by atoms with E-state index in [0.717, 1.165) is 68.0 Å². The van der Waals surface area contributed by atoms with Gasteiger partial charge in [0.25, 0.3) is 0 Å². The molecular weight excluding hydrogens is 454 g/mol. The lowest BCUT2D eigenvalue weighted by molar-refractivity contribution is -0.117. The first-order chi connectivity index (χ1) is 17.5. The lowest BCUT2D eigenvalue weighted by atomic mass is 10.2. The van der Waals surface area contributed by atoms with Crippen LogP contribution in [0, 0.1) is 11.8 Å². The molecule has 2 amide bonds. The third-order valence-corrected chi connectivity index (χ3v) is 7.54. The summed E-state index contributed by atoms with van der Waals surface area (Å²) in [6, 6.07) is 11.5. The predicted molar refractivity (Wildman–Crippen MR) is 143 cm³/mol. The standard InChI is InChI=1S/C27H35N7O2/c1-4-32-11-13-33(14-12-32)18-20-16-23(20)26(35)30-25-17-22(7-9-29-25)31(3)21-5-6-24-19(15-21)8-10-34(24)27(36)28-2/h5-10,15,17,20,23H,4,11-14,16,18H2,1-3H3,(H,28,36)(H,29,30,35). The van der Waals surface area contributed by atoms with Crippen molar-refractivity contribution < 1.29 is 9.59 Å². The molecule has 2 fully saturated rings. The van der Waals surface area contributed by atoms with E-state index in [1.807, 2.05) is 48.3 Å². The second-order valence-electron chi connectivity index (χ2n) is 9.77. The van der Waals surface area contributed by atoms with E-state index < -0.39 is 0 Å². The molecule has 2 aliphatic rings. The van der Waals surface area contributed by atoms with E-state index in [1.165, 1.54) is 0 Å². The summed E-state index contributed by atoms with van der Waals surface area (Å²) in [4.78, 5) is 36.3. The first-order valence-electron chi connectivity index (χ1n) is 12.8. The van der Waals surface area contributed by atoms with E-state index in [4.69, 9.17) is 0 Å². The van der Waals surface area contributed by atoms with Crippen molar-refractivity contribution in [3.8, 4) is 0 Å². The zero-order valence-electron chi connectivity index (χ0n) is 21.3. The Bertz CT molecular complexity index is 1250. The summed E-state index contributed by atoms with van der Waals surface area (Å²) in [7, 11) is 3.60. The van der Waals surface area contributed by atoms with Gasteiger partial charge in [0.2, 0.25) is 5.91 Å². The summed E-state index contributed by atoms with van der Waals surface area (Å²) in [6.07, 6.45) is 4.44. The summed E-state index contributed by atoms with van der Waals surface area (Å²) < 4.78 is 1.59. The van der Waals surface area contributed by atoms with Gasteiger partial charge < -0.3 is 25.3 Å². The molecule has 1 aromatic carbocycles. The van der Waals surface area contributed by atoms with Gasteiger partial charge in [0, 0.05) is 88.0 Å². The Morgan fingerprint density at radius 3 is 2.56 bits per heavy atom. The number of nitrogens with one attached hydrogen (secondary N) is 2. The fourth-order valence-electron chi connectivity index (χ4n) is 5.09. The fraction of sp³-hybridized carbons (Fsp3) is 0.444. The number of hydrogen-bond donors (Lipinski definition) is 2. The van der Waals surface area contributed by atoms with Crippen LogP contribution in [0.1, 0.15) is 13.3 Å². The maximum atomic E-state index is 12.9. The van der Waals surface area contributed by atoms with Crippen LogP contribution < -0.4 is 15.5 Å². The molecule has 0 bridgehead atoms. The minimum Gasteiger partial charge on any atom is -0.344 e. The molecular formula is C27H35N7O2. The molecule has 0 spiro atoms. The minimum absolute atomic E-state index is 0.0662. The van der Waals surface area contributed by atoms with E-state index >= 15 is 0 Å². The van der Waals surface area contributed by atoms with Gasteiger partial charge in [0.15, 0.2) is 0 Å². The molecule has 2 unspecified atom stereocenters. The van der Waals surface area contributed by atoms with Crippen LogP contribution >= 0.6 is 0 Å². The van der Waals surface area contributed by atoms with Gasteiger partial charge >= 0.3 is 6.03 Å². The van der Waals surface area contributed by atoms with Gasteiger partial charge in [-0.1, -0.05) is 6.92 Å². The monoisotopic (exact) mass is 489 g/mol. The van der Waals surface area contributed by atoms with Gasteiger partial charge in [-0.15, -0.1) is 0 Å². The van der Waals surface area contributed by atoms with Crippen LogP contribution in [0.15, 0.2) is 48.8 Å².